The molecular weight excluding hydrogens is 252 g/mol. The lowest BCUT2D eigenvalue weighted by atomic mass is 10.0. The summed E-state index contributed by atoms with van der Waals surface area (Å²) in [5, 5.41) is 2.88. The molecule has 2 rings (SSSR count). The predicted molar refractivity (Wildman–Crippen MR) is 74.4 cm³/mol. The molecule has 1 atom stereocenters. The van der Waals surface area contributed by atoms with Crippen LogP contribution in [0.2, 0.25) is 0 Å². The lowest BCUT2D eigenvalue weighted by molar-refractivity contribution is -0.119. The SMILES string of the molecule is CC(CN)C(=O)Nc1cccc2c1OCCC2.Cl. The zero-order chi connectivity index (χ0) is 12.3. The van der Waals surface area contributed by atoms with E-state index in [1.807, 2.05) is 25.1 Å². The zero-order valence-corrected chi connectivity index (χ0v) is 11.3. The molecule has 0 saturated heterocycles. The maximum absolute atomic E-state index is 11.8. The Balaban J connectivity index is 0.00000162. The van der Waals surface area contributed by atoms with Gasteiger partial charge >= 0.3 is 0 Å². The Hall–Kier alpha value is -1.26. The summed E-state index contributed by atoms with van der Waals surface area (Å²) >= 11 is 0. The van der Waals surface area contributed by atoms with Crippen molar-refractivity contribution in [2.45, 2.75) is 19.8 Å². The van der Waals surface area contributed by atoms with E-state index >= 15 is 0 Å². The third kappa shape index (κ3) is 3.15. The summed E-state index contributed by atoms with van der Waals surface area (Å²) in [6, 6.07) is 5.85. The van der Waals surface area contributed by atoms with E-state index in [1.54, 1.807) is 0 Å². The van der Waals surface area contributed by atoms with Crippen LogP contribution in [0.4, 0.5) is 5.69 Å². The number of nitrogens with one attached hydrogen (secondary N) is 1. The van der Waals surface area contributed by atoms with Gasteiger partial charge in [0.05, 0.1) is 12.3 Å². The summed E-state index contributed by atoms with van der Waals surface area (Å²) in [6.45, 7) is 2.87. The largest absolute Gasteiger partial charge is 0.491 e. The van der Waals surface area contributed by atoms with Crippen molar-refractivity contribution >= 4 is 24.0 Å². The molecule has 18 heavy (non-hydrogen) atoms. The molecule has 1 aliphatic heterocycles. The molecule has 100 valence electrons. The predicted octanol–water partition coefficient (Wildman–Crippen LogP) is 1.97. The molecule has 4 nitrogen and oxygen atoms in total. The summed E-state index contributed by atoms with van der Waals surface area (Å²) in [7, 11) is 0. The maximum atomic E-state index is 11.8. The van der Waals surface area contributed by atoms with Gasteiger partial charge in [-0.15, -0.1) is 12.4 Å². The van der Waals surface area contributed by atoms with E-state index in [0.717, 1.165) is 29.8 Å². The number of fused-ring (bicyclic) bond motifs is 1. The van der Waals surface area contributed by atoms with E-state index < -0.39 is 0 Å². The van der Waals surface area contributed by atoms with Crippen molar-refractivity contribution in [3.05, 3.63) is 23.8 Å². The van der Waals surface area contributed by atoms with Crippen LogP contribution in [0.1, 0.15) is 18.9 Å². The molecule has 1 amide bonds. The van der Waals surface area contributed by atoms with Gasteiger partial charge in [-0.25, -0.2) is 0 Å². The number of para-hydroxylation sites is 1. The van der Waals surface area contributed by atoms with Crippen LogP contribution in [0.3, 0.4) is 0 Å². The minimum Gasteiger partial charge on any atom is -0.491 e. The van der Waals surface area contributed by atoms with Crippen molar-refractivity contribution in [2.24, 2.45) is 11.7 Å². The number of amides is 1. The second kappa shape index (κ2) is 6.61. The fourth-order valence-corrected chi connectivity index (χ4v) is 1.85. The highest BCUT2D eigenvalue weighted by atomic mass is 35.5. The molecule has 0 spiro atoms. The number of anilines is 1. The Morgan fingerprint density at radius 1 is 1.56 bits per heavy atom. The van der Waals surface area contributed by atoms with Crippen LogP contribution in [-0.2, 0) is 11.2 Å². The number of hydrogen-bond donors (Lipinski definition) is 2. The Morgan fingerprint density at radius 2 is 2.33 bits per heavy atom. The number of carbonyl (C=O) groups is 1. The summed E-state index contributed by atoms with van der Waals surface area (Å²) in [4.78, 5) is 11.8. The second-order valence-corrected chi connectivity index (χ2v) is 4.37. The molecular formula is C13H19ClN2O2. The number of aryl methyl sites for hydroxylation is 1. The molecule has 1 aromatic carbocycles. The van der Waals surface area contributed by atoms with Crippen LogP contribution in [0.5, 0.6) is 5.75 Å². The number of nitrogens with two attached hydrogens (primary N) is 1. The molecule has 0 aliphatic carbocycles. The quantitative estimate of drug-likeness (QED) is 0.883. The van der Waals surface area contributed by atoms with E-state index in [4.69, 9.17) is 10.5 Å². The Bertz CT molecular complexity index is 423. The van der Waals surface area contributed by atoms with Gasteiger partial charge in [0.15, 0.2) is 0 Å². The third-order valence-corrected chi connectivity index (χ3v) is 2.99. The molecule has 1 aromatic rings. The van der Waals surface area contributed by atoms with Gasteiger partial charge in [-0.3, -0.25) is 4.79 Å². The average Bonchev–Trinajstić information content (AvgIpc) is 2.38. The first kappa shape index (κ1) is 14.8. The molecule has 0 radical (unpaired) electrons. The fourth-order valence-electron chi connectivity index (χ4n) is 1.85. The Labute approximate surface area is 113 Å². The van der Waals surface area contributed by atoms with E-state index in [1.165, 1.54) is 0 Å². The monoisotopic (exact) mass is 270 g/mol. The topological polar surface area (TPSA) is 64.4 Å². The molecule has 1 unspecified atom stereocenters. The fraction of sp³-hybridized carbons (Fsp3) is 0.462. The summed E-state index contributed by atoms with van der Waals surface area (Å²) < 4.78 is 5.62. The van der Waals surface area contributed by atoms with Crippen LogP contribution in [-0.4, -0.2) is 19.1 Å². The van der Waals surface area contributed by atoms with Crippen LogP contribution >= 0.6 is 12.4 Å². The van der Waals surface area contributed by atoms with Crippen molar-refractivity contribution in [2.75, 3.05) is 18.5 Å². The highest BCUT2D eigenvalue weighted by Gasteiger charge is 2.17. The van der Waals surface area contributed by atoms with Gasteiger partial charge in [0.2, 0.25) is 5.91 Å². The van der Waals surface area contributed by atoms with Gasteiger partial charge in [-0.2, -0.15) is 0 Å². The van der Waals surface area contributed by atoms with Gasteiger partial charge < -0.3 is 15.8 Å². The molecule has 1 aliphatic rings. The van der Waals surface area contributed by atoms with Crippen molar-refractivity contribution in [3.63, 3.8) is 0 Å². The highest BCUT2D eigenvalue weighted by Crippen LogP contribution is 2.32. The standard InChI is InChI=1S/C13H18N2O2.ClH/c1-9(8-14)13(16)15-11-6-2-4-10-5-3-7-17-12(10)11;/h2,4,6,9H,3,5,7-8,14H2,1H3,(H,15,16);1H. The van der Waals surface area contributed by atoms with Gasteiger partial charge in [-0.05, 0) is 24.5 Å². The first-order chi connectivity index (χ1) is 8.22. The molecule has 1 heterocycles. The Kier molecular flexibility index (Phi) is 5.44. The molecule has 5 heteroatoms. The summed E-state index contributed by atoms with van der Waals surface area (Å²) in [6.07, 6.45) is 2.04. The number of hydrogen-bond acceptors (Lipinski definition) is 3. The minimum absolute atomic E-state index is 0. The number of carbonyl (C=O) groups excluding carboxylic acids is 1. The van der Waals surface area contributed by atoms with Crippen LogP contribution in [0.25, 0.3) is 0 Å². The average molecular weight is 271 g/mol. The lowest BCUT2D eigenvalue weighted by Crippen LogP contribution is -2.27. The third-order valence-electron chi connectivity index (χ3n) is 2.99. The van der Waals surface area contributed by atoms with Gasteiger partial charge in [-0.1, -0.05) is 19.1 Å². The second-order valence-electron chi connectivity index (χ2n) is 4.37. The highest BCUT2D eigenvalue weighted by molar-refractivity contribution is 5.94. The summed E-state index contributed by atoms with van der Waals surface area (Å²) in [5.74, 6) is 0.570. The van der Waals surface area contributed by atoms with Gasteiger partial charge in [0.1, 0.15) is 5.75 Å². The number of ether oxygens (including phenoxy) is 1. The first-order valence-corrected chi connectivity index (χ1v) is 5.98. The van der Waals surface area contributed by atoms with E-state index in [9.17, 15) is 4.79 Å². The first-order valence-electron chi connectivity index (χ1n) is 5.98. The smallest absolute Gasteiger partial charge is 0.228 e. The van der Waals surface area contributed by atoms with Crippen molar-refractivity contribution in [3.8, 4) is 5.75 Å². The number of halogens is 1. The van der Waals surface area contributed by atoms with Gasteiger partial charge in [0.25, 0.3) is 0 Å². The number of benzene rings is 1. The van der Waals surface area contributed by atoms with Crippen molar-refractivity contribution < 1.29 is 9.53 Å². The van der Waals surface area contributed by atoms with Crippen LogP contribution in [0.15, 0.2) is 18.2 Å². The Morgan fingerprint density at radius 3 is 3.06 bits per heavy atom. The van der Waals surface area contributed by atoms with Crippen LogP contribution < -0.4 is 15.8 Å². The molecule has 0 fully saturated rings. The van der Waals surface area contributed by atoms with Gasteiger partial charge in [0, 0.05) is 12.5 Å². The molecule has 0 saturated carbocycles. The molecule has 0 aromatic heterocycles. The maximum Gasteiger partial charge on any atom is 0.228 e. The van der Waals surface area contributed by atoms with E-state index in [0.29, 0.717) is 13.2 Å². The molecule has 0 bridgehead atoms. The van der Waals surface area contributed by atoms with Crippen molar-refractivity contribution in [1.29, 1.82) is 0 Å². The van der Waals surface area contributed by atoms with E-state index in [2.05, 4.69) is 5.32 Å². The van der Waals surface area contributed by atoms with Crippen LogP contribution in [0, 0.1) is 5.92 Å². The van der Waals surface area contributed by atoms with Crippen molar-refractivity contribution in [1.82, 2.24) is 0 Å². The minimum atomic E-state index is -0.186. The normalized spacial score (nSPS) is 14.8. The van der Waals surface area contributed by atoms with E-state index in [-0.39, 0.29) is 24.2 Å². The lowest BCUT2D eigenvalue weighted by Gasteiger charge is -2.21. The zero-order valence-electron chi connectivity index (χ0n) is 10.4. The summed E-state index contributed by atoms with van der Waals surface area (Å²) in [5.41, 5.74) is 7.39. The number of rotatable bonds is 3. The molecule has 3 N–H and O–H groups in total.